The Hall–Kier alpha value is -1.53. The Kier molecular flexibility index (Phi) is 4.58. The van der Waals surface area contributed by atoms with E-state index in [0.29, 0.717) is 16.9 Å². The third-order valence-electron chi connectivity index (χ3n) is 3.16. The lowest BCUT2D eigenvalue weighted by Crippen LogP contribution is -2.04. The standard InChI is InChI=1S/C15H15BrO4S/c1-3-21(18,19)11-5-6-12(15(9-11)20-2)13-8-10(16)4-7-14(13)17/h4-9,17H,3H2,1-2H3. The number of hydrogen-bond acceptors (Lipinski definition) is 4. The van der Waals surface area contributed by atoms with E-state index >= 15 is 0 Å². The molecule has 4 nitrogen and oxygen atoms in total. The van der Waals surface area contributed by atoms with E-state index in [0.717, 1.165) is 4.47 Å². The number of aromatic hydroxyl groups is 1. The van der Waals surface area contributed by atoms with Crippen molar-refractivity contribution in [3.05, 3.63) is 40.9 Å². The molecule has 0 radical (unpaired) electrons. The van der Waals surface area contributed by atoms with E-state index in [1.54, 1.807) is 31.2 Å². The number of halogens is 1. The zero-order valence-electron chi connectivity index (χ0n) is 11.6. The van der Waals surface area contributed by atoms with Gasteiger partial charge < -0.3 is 9.84 Å². The summed E-state index contributed by atoms with van der Waals surface area (Å²) in [6.45, 7) is 1.59. The molecule has 112 valence electrons. The zero-order valence-corrected chi connectivity index (χ0v) is 14.0. The Morgan fingerprint density at radius 1 is 1.14 bits per heavy atom. The quantitative estimate of drug-likeness (QED) is 0.892. The fourth-order valence-electron chi connectivity index (χ4n) is 1.98. The largest absolute Gasteiger partial charge is 0.507 e. The summed E-state index contributed by atoms with van der Waals surface area (Å²) in [4.78, 5) is 0.208. The number of rotatable bonds is 4. The fraction of sp³-hybridized carbons (Fsp3) is 0.200. The van der Waals surface area contributed by atoms with Crippen molar-refractivity contribution >= 4 is 25.8 Å². The molecule has 0 saturated carbocycles. The van der Waals surface area contributed by atoms with Crippen LogP contribution in [0.25, 0.3) is 11.1 Å². The number of sulfone groups is 1. The number of phenolic OH excluding ortho intramolecular Hbond substituents is 1. The topological polar surface area (TPSA) is 63.6 Å². The highest BCUT2D eigenvalue weighted by atomic mass is 79.9. The molecule has 21 heavy (non-hydrogen) atoms. The summed E-state index contributed by atoms with van der Waals surface area (Å²) in [6, 6.07) is 9.69. The van der Waals surface area contributed by atoms with E-state index in [1.165, 1.54) is 19.2 Å². The molecule has 2 aromatic rings. The SMILES string of the molecule is CCS(=O)(=O)c1ccc(-c2cc(Br)ccc2O)c(OC)c1. The lowest BCUT2D eigenvalue weighted by atomic mass is 10.0. The summed E-state index contributed by atoms with van der Waals surface area (Å²) >= 11 is 3.35. The highest BCUT2D eigenvalue weighted by Crippen LogP contribution is 2.38. The number of ether oxygens (including phenoxy) is 1. The van der Waals surface area contributed by atoms with Gasteiger partial charge in [-0.3, -0.25) is 0 Å². The van der Waals surface area contributed by atoms with Gasteiger partial charge in [0.1, 0.15) is 11.5 Å². The van der Waals surface area contributed by atoms with Gasteiger partial charge in [-0.2, -0.15) is 0 Å². The monoisotopic (exact) mass is 370 g/mol. The van der Waals surface area contributed by atoms with Crippen molar-refractivity contribution in [2.24, 2.45) is 0 Å². The Morgan fingerprint density at radius 3 is 2.48 bits per heavy atom. The molecule has 0 saturated heterocycles. The van der Waals surface area contributed by atoms with E-state index in [4.69, 9.17) is 4.74 Å². The van der Waals surface area contributed by atoms with Crippen molar-refractivity contribution < 1.29 is 18.3 Å². The van der Waals surface area contributed by atoms with Gasteiger partial charge in [0, 0.05) is 15.6 Å². The molecule has 2 rings (SSSR count). The zero-order chi connectivity index (χ0) is 15.6. The summed E-state index contributed by atoms with van der Waals surface area (Å²) < 4.78 is 29.9. The first-order valence-corrected chi connectivity index (χ1v) is 8.73. The molecule has 0 unspecified atom stereocenters. The number of benzene rings is 2. The first kappa shape index (κ1) is 15.9. The predicted octanol–water partition coefficient (Wildman–Crippen LogP) is 3.62. The highest BCUT2D eigenvalue weighted by molar-refractivity contribution is 9.10. The molecule has 0 fully saturated rings. The van der Waals surface area contributed by atoms with Crippen LogP contribution in [0.15, 0.2) is 45.8 Å². The van der Waals surface area contributed by atoms with Gasteiger partial charge in [0.15, 0.2) is 9.84 Å². The fourth-order valence-corrected chi connectivity index (χ4v) is 3.23. The van der Waals surface area contributed by atoms with Crippen LogP contribution in [-0.4, -0.2) is 26.4 Å². The molecule has 2 aromatic carbocycles. The second-order valence-corrected chi connectivity index (χ2v) is 7.62. The molecular weight excluding hydrogens is 356 g/mol. The van der Waals surface area contributed by atoms with Crippen molar-refractivity contribution in [3.63, 3.8) is 0 Å². The maximum atomic E-state index is 11.9. The van der Waals surface area contributed by atoms with Crippen LogP contribution in [0.3, 0.4) is 0 Å². The third-order valence-corrected chi connectivity index (χ3v) is 5.39. The molecular formula is C15H15BrO4S. The van der Waals surface area contributed by atoms with Gasteiger partial charge in [-0.05, 0) is 36.4 Å². The van der Waals surface area contributed by atoms with Gasteiger partial charge in [0.2, 0.25) is 0 Å². The predicted molar refractivity (Wildman–Crippen MR) is 85.5 cm³/mol. The summed E-state index contributed by atoms with van der Waals surface area (Å²) in [5.74, 6) is 0.526. The van der Waals surface area contributed by atoms with Crippen LogP contribution in [0.4, 0.5) is 0 Å². The Labute approximate surface area is 132 Å². The van der Waals surface area contributed by atoms with Gasteiger partial charge in [-0.15, -0.1) is 0 Å². The number of hydrogen-bond donors (Lipinski definition) is 1. The molecule has 0 spiro atoms. The Bertz CT molecular complexity index is 769. The van der Waals surface area contributed by atoms with Crippen molar-refractivity contribution in [1.29, 1.82) is 0 Å². The van der Waals surface area contributed by atoms with Crippen LogP contribution in [0.2, 0.25) is 0 Å². The molecule has 0 atom stereocenters. The molecule has 0 aliphatic rings. The minimum atomic E-state index is -3.30. The van der Waals surface area contributed by atoms with Crippen molar-refractivity contribution in [1.82, 2.24) is 0 Å². The van der Waals surface area contributed by atoms with E-state index in [-0.39, 0.29) is 16.4 Å². The second kappa shape index (κ2) is 6.07. The van der Waals surface area contributed by atoms with E-state index in [9.17, 15) is 13.5 Å². The van der Waals surface area contributed by atoms with Crippen LogP contribution in [0.1, 0.15) is 6.92 Å². The molecule has 1 N–H and O–H groups in total. The summed E-state index contributed by atoms with van der Waals surface area (Å²) in [7, 11) is -1.83. The minimum absolute atomic E-state index is 0.0254. The van der Waals surface area contributed by atoms with E-state index in [2.05, 4.69) is 15.9 Å². The normalized spacial score (nSPS) is 11.4. The highest BCUT2D eigenvalue weighted by Gasteiger charge is 2.17. The van der Waals surface area contributed by atoms with Crippen LogP contribution in [0.5, 0.6) is 11.5 Å². The third kappa shape index (κ3) is 3.22. The lowest BCUT2D eigenvalue weighted by molar-refractivity contribution is 0.414. The van der Waals surface area contributed by atoms with E-state index < -0.39 is 9.84 Å². The number of phenols is 1. The van der Waals surface area contributed by atoms with E-state index in [1.807, 2.05) is 0 Å². The van der Waals surface area contributed by atoms with Crippen LogP contribution in [-0.2, 0) is 9.84 Å². The van der Waals surface area contributed by atoms with Gasteiger partial charge in [-0.1, -0.05) is 22.9 Å². The molecule has 0 heterocycles. The van der Waals surface area contributed by atoms with Gasteiger partial charge >= 0.3 is 0 Å². The first-order chi connectivity index (χ1) is 9.89. The van der Waals surface area contributed by atoms with Crippen LogP contribution in [0, 0.1) is 0 Å². The first-order valence-electron chi connectivity index (χ1n) is 6.28. The maximum absolute atomic E-state index is 11.9. The van der Waals surface area contributed by atoms with Gasteiger partial charge in [0.05, 0.1) is 17.8 Å². The molecule has 0 aliphatic heterocycles. The summed E-state index contributed by atoms with van der Waals surface area (Å²) in [5.41, 5.74) is 1.20. The molecule has 0 aliphatic carbocycles. The second-order valence-electron chi connectivity index (χ2n) is 4.43. The Morgan fingerprint density at radius 2 is 1.86 bits per heavy atom. The molecule has 0 bridgehead atoms. The maximum Gasteiger partial charge on any atom is 0.178 e. The smallest absolute Gasteiger partial charge is 0.178 e. The lowest BCUT2D eigenvalue weighted by Gasteiger charge is -2.12. The molecule has 6 heteroatoms. The van der Waals surface area contributed by atoms with Crippen molar-refractivity contribution in [2.75, 3.05) is 12.9 Å². The summed E-state index contributed by atoms with van der Waals surface area (Å²) in [5, 5.41) is 9.99. The van der Waals surface area contributed by atoms with Crippen molar-refractivity contribution in [3.8, 4) is 22.6 Å². The molecule has 0 aromatic heterocycles. The number of methoxy groups -OCH3 is 1. The van der Waals surface area contributed by atoms with Gasteiger partial charge in [0.25, 0.3) is 0 Å². The van der Waals surface area contributed by atoms with Crippen molar-refractivity contribution in [2.45, 2.75) is 11.8 Å². The van der Waals surface area contributed by atoms with Crippen LogP contribution >= 0.6 is 15.9 Å². The minimum Gasteiger partial charge on any atom is -0.507 e. The average molecular weight is 371 g/mol. The van der Waals surface area contributed by atoms with Gasteiger partial charge in [-0.25, -0.2) is 8.42 Å². The summed E-state index contributed by atoms with van der Waals surface area (Å²) in [6.07, 6.45) is 0. The molecule has 0 amide bonds. The average Bonchev–Trinajstić information content (AvgIpc) is 2.49. The van der Waals surface area contributed by atoms with Crippen LogP contribution < -0.4 is 4.74 Å². The Balaban J connectivity index is 2.63.